The lowest BCUT2D eigenvalue weighted by Crippen LogP contribution is -2.32. The van der Waals surface area contributed by atoms with E-state index in [1.807, 2.05) is 16.8 Å². The second kappa shape index (κ2) is 7.85. The molecular formula is C18H21Cl3N4O2. The number of rotatable bonds is 3. The van der Waals surface area contributed by atoms with Crippen LogP contribution in [-0.2, 0) is 16.1 Å². The van der Waals surface area contributed by atoms with E-state index in [1.165, 1.54) is 0 Å². The molecule has 2 aromatic rings. The monoisotopic (exact) mass is 430 g/mol. The molecule has 146 valence electrons. The van der Waals surface area contributed by atoms with Crippen LogP contribution in [0.25, 0.3) is 11.3 Å². The predicted molar refractivity (Wildman–Crippen MR) is 106 cm³/mol. The maximum absolute atomic E-state index is 6.37. The smallest absolute Gasteiger partial charge is 0.120 e. The van der Waals surface area contributed by atoms with E-state index in [9.17, 15) is 0 Å². The number of hydrogen-bond acceptors (Lipinski definition) is 5. The molecule has 3 aliphatic rings. The number of ether oxygens (including phenoxy) is 2. The van der Waals surface area contributed by atoms with Gasteiger partial charge in [0, 0.05) is 36.8 Å². The van der Waals surface area contributed by atoms with Gasteiger partial charge in [0.2, 0.25) is 0 Å². The Morgan fingerprint density at radius 2 is 2.11 bits per heavy atom. The van der Waals surface area contributed by atoms with Gasteiger partial charge in [0.1, 0.15) is 5.69 Å². The largest absolute Gasteiger partial charge is 0.381 e. The maximum atomic E-state index is 6.37. The maximum Gasteiger partial charge on any atom is 0.120 e. The van der Waals surface area contributed by atoms with Gasteiger partial charge in [-0.1, -0.05) is 28.4 Å². The Morgan fingerprint density at radius 1 is 1.22 bits per heavy atom. The summed E-state index contributed by atoms with van der Waals surface area (Å²) in [6, 6.07) is 5.65. The molecular weight excluding hydrogens is 411 g/mol. The van der Waals surface area contributed by atoms with Crippen LogP contribution in [0.15, 0.2) is 18.2 Å². The highest BCUT2D eigenvalue weighted by molar-refractivity contribution is 6.36. The molecule has 9 heteroatoms. The predicted octanol–water partition coefficient (Wildman–Crippen LogP) is 3.47. The third-order valence-electron chi connectivity index (χ3n) is 5.58. The number of likely N-dealkylation sites (tertiary alicyclic amines) is 1. The molecule has 1 aromatic carbocycles. The van der Waals surface area contributed by atoms with E-state index >= 15 is 0 Å². The van der Waals surface area contributed by atoms with E-state index in [4.69, 9.17) is 32.7 Å². The molecule has 3 aliphatic heterocycles. The van der Waals surface area contributed by atoms with Gasteiger partial charge in [-0.2, -0.15) is 0 Å². The number of halogens is 3. The van der Waals surface area contributed by atoms with Crippen LogP contribution in [0.5, 0.6) is 0 Å². The van der Waals surface area contributed by atoms with E-state index < -0.39 is 0 Å². The standard InChI is InChI=1S/C18H20Cl2N4O2.ClH/c19-12-1-2-13(14(20)5-12)18-16-10-26-17-8-23(6-11-3-4-25-9-11)7-15(17)24(16)22-21-18;/h1-2,5,11,15,17H,3-4,6-10H2;1H/t11-,15+,17+;/m1./s1. The van der Waals surface area contributed by atoms with Crippen LogP contribution in [0.2, 0.25) is 10.0 Å². The Balaban J connectivity index is 0.00000180. The van der Waals surface area contributed by atoms with Crippen molar-refractivity contribution in [3.63, 3.8) is 0 Å². The molecule has 3 atom stereocenters. The van der Waals surface area contributed by atoms with E-state index in [0.717, 1.165) is 56.2 Å². The summed E-state index contributed by atoms with van der Waals surface area (Å²) in [5.41, 5.74) is 2.62. The Bertz CT molecular complexity index is 825. The summed E-state index contributed by atoms with van der Waals surface area (Å²) in [6.07, 6.45) is 1.32. The summed E-state index contributed by atoms with van der Waals surface area (Å²) in [5, 5.41) is 10.1. The normalized spacial score (nSPS) is 27.3. The van der Waals surface area contributed by atoms with E-state index in [-0.39, 0.29) is 24.6 Å². The molecule has 4 heterocycles. The van der Waals surface area contributed by atoms with Crippen LogP contribution in [0.4, 0.5) is 0 Å². The fourth-order valence-corrected chi connectivity index (χ4v) is 4.76. The zero-order valence-corrected chi connectivity index (χ0v) is 17.0. The van der Waals surface area contributed by atoms with Crippen LogP contribution < -0.4 is 0 Å². The van der Waals surface area contributed by atoms with Gasteiger partial charge in [0.25, 0.3) is 0 Å². The van der Waals surface area contributed by atoms with Crippen molar-refractivity contribution in [3.05, 3.63) is 33.9 Å². The van der Waals surface area contributed by atoms with Crippen LogP contribution in [-0.4, -0.2) is 58.8 Å². The highest BCUT2D eigenvalue weighted by Gasteiger charge is 2.41. The summed E-state index contributed by atoms with van der Waals surface area (Å²) in [4.78, 5) is 2.47. The van der Waals surface area contributed by atoms with Gasteiger partial charge in [0.15, 0.2) is 0 Å². The van der Waals surface area contributed by atoms with Crippen molar-refractivity contribution in [2.24, 2.45) is 5.92 Å². The number of aromatic nitrogens is 3. The SMILES string of the molecule is Cl.Clc1ccc(-c2nnn3c2CO[C@H]2CN(C[C@H]4CCOC4)C[C@@H]23)c(Cl)c1. The lowest BCUT2D eigenvalue weighted by molar-refractivity contribution is -0.00507. The molecule has 2 saturated heterocycles. The van der Waals surface area contributed by atoms with Gasteiger partial charge in [-0.3, -0.25) is 4.90 Å². The minimum Gasteiger partial charge on any atom is -0.381 e. The van der Waals surface area contributed by atoms with Gasteiger partial charge in [-0.15, -0.1) is 17.5 Å². The first-order valence-corrected chi connectivity index (χ1v) is 9.76. The van der Waals surface area contributed by atoms with Crippen molar-refractivity contribution in [2.45, 2.75) is 25.2 Å². The lowest BCUT2D eigenvalue weighted by atomic mass is 10.1. The van der Waals surface area contributed by atoms with Gasteiger partial charge >= 0.3 is 0 Å². The van der Waals surface area contributed by atoms with Gasteiger partial charge in [-0.25, -0.2) is 4.68 Å². The van der Waals surface area contributed by atoms with E-state index in [1.54, 1.807) is 6.07 Å². The lowest BCUT2D eigenvalue weighted by Gasteiger charge is -2.26. The molecule has 2 fully saturated rings. The molecule has 27 heavy (non-hydrogen) atoms. The third kappa shape index (κ3) is 3.59. The molecule has 5 rings (SSSR count). The summed E-state index contributed by atoms with van der Waals surface area (Å²) >= 11 is 12.4. The molecule has 0 spiro atoms. The molecule has 0 amide bonds. The summed E-state index contributed by atoms with van der Waals surface area (Å²) in [5.74, 6) is 0.633. The number of fused-ring (bicyclic) bond motifs is 3. The molecule has 0 N–H and O–H groups in total. The van der Waals surface area contributed by atoms with Gasteiger partial charge in [-0.05, 0) is 30.5 Å². The summed E-state index contributed by atoms with van der Waals surface area (Å²) in [7, 11) is 0. The van der Waals surface area contributed by atoms with Crippen molar-refractivity contribution in [1.82, 2.24) is 19.9 Å². The Morgan fingerprint density at radius 3 is 2.89 bits per heavy atom. The van der Waals surface area contributed by atoms with Crippen LogP contribution in [0, 0.1) is 5.92 Å². The van der Waals surface area contributed by atoms with E-state index in [2.05, 4.69) is 15.2 Å². The van der Waals surface area contributed by atoms with Gasteiger partial charge < -0.3 is 9.47 Å². The molecule has 6 nitrogen and oxygen atoms in total. The van der Waals surface area contributed by atoms with Crippen molar-refractivity contribution >= 4 is 35.6 Å². The second-order valence-corrected chi connectivity index (χ2v) is 8.16. The third-order valence-corrected chi connectivity index (χ3v) is 6.13. The van der Waals surface area contributed by atoms with Crippen LogP contribution in [0.1, 0.15) is 18.2 Å². The molecule has 0 aliphatic carbocycles. The Hall–Kier alpha value is -0.890. The number of benzene rings is 1. The molecule has 1 aromatic heterocycles. The van der Waals surface area contributed by atoms with Crippen molar-refractivity contribution in [3.8, 4) is 11.3 Å². The Kier molecular flexibility index (Phi) is 5.65. The zero-order chi connectivity index (χ0) is 17.7. The first-order valence-electron chi connectivity index (χ1n) is 9.00. The van der Waals surface area contributed by atoms with E-state index in [0.29, 0.717) is 22.6 Å². The molecule has 0 unspecified atom stereocenters. The molecule has 0 radical (unpaired) electrons. The van der Waals surface area contributed by atoms with Gasteiger partial charge in [0.05, 0.1) is 36.1 Å². The fraction of sp³-hybridized carbons (Fsp3) is 0.556. The quantitative estimate of drug-likeness (QED) is 0.745. The molecule has 0 saturated carbocycles. The van der Waals surface area contributed by atoms with Crippen LogP contribution in [0.3, 0.4) is 0 Å². The average Bonchev–Trinajstić information content (AvgIpc) is 3.33. The minimum absolute atomic E-state index is 0. The fourth-order valence-electron chi connectivity index (χ4n) is 4.26. The van der Waals surface area contributed by atoms with Crippen molar-refractivity contribution < 1.29 is 9.47 Å². The summed E-state index contributed by atoms with van der Waals surface area (Å²) in [6.45, 7) is 5.21. The van der Waals surface area contributed by atoms with Crippen LogP contribution >= 0.6 is 35.6 Å². The second-order valence-electron chi connectivity index (χ2n) is 7.32. The number of hydrogen-bond donors (Lipinski definition) is 0. The topological polar surface area (TPSA) is 52.4 Å². The summed E-state index contributed by atoms with van der Waals surface area (Å²) < 4.78 is 13.7. The highest BCUT2D eigenvalue weighted by atomic mass is 35.5. The molecule has 0 bridgehead atoms. The Labute approximate surface area is 174 Å². The first kappa shape index (κ1) is 19.4. The highest BCUT2D eigenvalue weighted by Crippen LogP contribution is 2.37. The average molecular weight is 432 g/mol. The van der Waals surface area contributed by atoms with Crippen molar-refractivity contribution in [1.29, 1.82) is 0 Å². The minimum atomic E-state index is 0. The first-order chi connectivity index (χ1) is 12.7. The number of nitrogens with zero attached hydrogens (tertiary/aromatic N) is 4. The van der Waals surface area contributed by atoms with Crippen molar-refractivity contribution in [2.75, 3.05) is 32.8 Å². The zero-order valence-electron chi connectivity index (χ0n) is 14.7.